The van der Waals surface area contributed by atoms with Crippen LogP contribution in [0, 0.1) is 11.3 Å². The van der Waals surface area contributed by atoms with Gasteiger partial charge in [0.2, 0.25) is 0 Å². The zero-order chi connectivity index (χ0) is 16.1. The Bertz CT molecular complexity index is 256. The van der Waals surface area contributed by atoms with E-state index in [4.69, 9.17) is 9.84 Å². The highest BCUT2D eigenvalue weighted by Gasteiger charge is 2.28. The molecule has 3 nitrogen and oxygen atoms in total. The SMILES string of the molecule is CCCCCCCCC(CCOCCO)C(=O)C(C)(C)C. The summed E-state index contributed by atoms with van der Waals surface area (Å²) in [5, 5.41) is 8.72. The summed E-state index contributed by atoms with van der Waals surface area (Å²) in [7, 11) is 0. The lowest BCUT2D eigenvalue weighted by Gasteiger charge is -2.24. The molecule has 0 fully saturated rings. The summed E-state index contributed by atoms with van der Waals surface area (Å²) in [6.45, 7) is 9.21. The fourth-order valence-corrected chi connectivity index (χ4v) is 2.58. The molecule has 1 atom stereocenters. The van der Waals surface area contributed by atoms with Gasteiger partial charge >= 0.3 is 0 Å². The predicted octanol–water partition coefficient (Wildman–Crippen LogP) is 4.37. The maximum Gasteiger partial charge on any atom is 0.141 e. The molecule has 21 heavy (non-hydrogen) atoms. The molecule has 0 saturated carbocycles. The van der Waals surface area contributed by atoms with Gasteiger partial charge in [-0.25, -0.2) is 0 Å². The largest absolute Gasteiger partial charge is 0.394 e. The van der Waals surface area contributed by atoms with Crippen LogP contribution >= 0.6 is 0 Å². The molecule has 1 N–H and O–H groups in total. The molecule has 0 aromatic heterocycles. The quantitative estimate of drug-likeness (QED) is 0.514. The van der Waals surface area contributed by atoms with Crippen molar-refractivity contribution >= 4 is 5.78 Å². The van der Waals surface area contributed by atoms with Gasteiger partial charge in [-0.15, -0.1) is 0 Å². The lowest BCUT2D eigenvalue weighted by Crippen LogP contribution is -2.29. The number of rotatable bonds is 13. The predicted molar refractivity (Wildman–Crippen MR) is 88.5 cm³/mol. The van der Waals surface area contributed by atoms with Crippen LogP contribution in [0.1, 0.15) is 79.1 Å². The lowest BCUT2D eigenvalue weighted by atomic mass is 9.79. The Morgan fingerprint density at radius 1 is 1.00 bits per heavy atom. The molecule has 0 rings (SSSR count). The third-order valence-corrected chi connectivity index (χ3v) is 3.86. The van der Waals surface area contributed by atoms with Gasteiger partial charge in [0.25, 0.3) is 0 Å². The van der Waals surface area contributed by atoms with Crippen molar-refractivity contribution in [1.29, 1.82) is 0 Å². The highest BCUT2D eigenvalue weighted by Crippen LogP contribution is 2.26. The first-order valence-electron chi connectivity index (χ1n) is 8.66. The van der Waals surface area contributed by atoms with E-state index in [9.17, 15) is 4.79 Å². The van der Waals surface area contributed by atoms with Gasteiger partial charge in [-0.05, 0) is 12.8 Å². The van der Waals surface area contributed by atoms with E-state index in [1.165, 1.54) is 32.1 Å². The molecule has 0 aliphatic carbocycles. The molecule has 0 saturated heterocycles. The molecule has 0 aliphatic rings. The molecule has 0 spiro atoms. The Morgan fingerprint density at radius 3 is 2.19 bits per heavy atom. The van der Waals surface area contributed by atoms with Gasteiger partial charge in [-0.3, -0.25) is 4.79 Å². The Kier molecular flexibility index (Phi) is 11.9. The van der Waals surface area contributed by atoms with Crippen molar-refractivity contribution in [3.8, 4) is 0 Å². The van der Waals surface area contributed by atoms with Crippen LogP contribution in [0.2, 0.25) is 0 Å². The normalized spacial score (nSPS) is 13.4. The minimum absolute atomic E-state index is 0.0509. The van der Waals surface area contributed by atoms with Crippen molar-refractivity contribution in [2.75, 3.05) is 19.8 Å². The fraction of sp³-hybridized carbons (Fsp3) is 0.944. The molecule has 0 amide bonds. The minimum Gasteiger partial charge on any atom is -0.394 e. The standard InChI is InChI=1S/C18H36O3/c1-5-6-7-8-9-10-11-16(12-14-21-15-13-19)17(20)18(2,3)4/h16,19H,5-15H2,1-4H3. The van der Waals surface area contributed by atoms with E-state index in [-0.39, 0.29) is 17.9 Å². The van der Waals surface area contributed by atoms with Crippen LogP contribution in [0.5, 0.6) is 0 Å². The van der Waals surface area contributed by atoms with Crippen LogP contribution in [0.15, 0.2) is 0 Å². The van der Waals surface area contributed by atoms with Crippen LogP contribution in [-0.4, -0.2) is 30.7 Å². The van der Waals surface area contributed by atoms with Crippen LogP contribution in [0.3, 0.4) is 0 Å². The number of hydrogen-bond donors (Lipinski definition) is 1. The summed E-state index contributed by atoms with van der Waals surface area (Å²) in [6.07, 6.45) is 9.31. The minimum atomic E-state index is -0.274. The van der Waals surface area contributed by atoms with Gasteiger partial charge in [-0.1, -0.05) is 66.2 Å². The van der Waals surface area contributed by atoms with Crippen molar-refractivity contribution in [2.45, 2.75) is 79.1 Å². The van der Waals surface area contributed by atoms with E-state index in [1.54, 1.807) is 0 Å². The molecular formula is C18H36O3. The summed E-state index contributed by atoms with van der Waals surface area (Å²) >= 11 is 0. The van der Waals surface area contributed by atoms with E-state index >= 15 is 0 Å². The zero-order valence-electron chi connectivity index (χ0n) is 14.6. The van der Waals surface area contributed by atoms with E-state index in [2.05, 4.69) is 6.92 Å². The Balaban J connectivity index is 4.10. The van der Waals surface area contributed by atoms with Gasteiger partial charge in [0, 0.05) is 17.9 Å². The summed E-state index contributed by atoms with van der Waals surface area (Å²) in [5.74, 6) is 0.457. The molecular weight excluding hydrogens is 264 g/mol. The Hall–Kier alpha value is -0.410. The molecule has 0 aliphatic heterocycles. The number of Topliss-reactive ketones (excluding diaryl/α,β-unsaturated/α-hetero) is 1. The number of aliphatic hydroxyl groups is 1. The number of carbonyl (C=O) groups excluding carboxylic acids is 1. The van der Waals surface area contributed by atoms with Crippen molar-refractivity contribution in [3.05, 3.63) is 0 Å². The highest BCUT2D eigenvalue weighted by molar-refractivity contribution is 5.85. The van der Waals surface area contributed by atoms with Crippen molar-refractivity contribution in [3.63, 3.8) is 0 Å². The highest BCUT2D eigenvalue weighted by atomic mass is 16.5. The van der Waals surface area contributed by atoms with Gasteiger partial charge in [0.1, 0.15) is 5.78 Å². The summed E-state index contributed by atoms with van der Waals surface area (Å²) < 4.78 is 5.33. The van der Waals surface area contributed by atoms with Gasteiger partial charge < -0.3 is 9.84 Å². The Labute approximate surface area is 131 Å². The van der Waals surface area contributed by atoms with E-state index in [0.29, 0.717) is 19.0 Å². The average molecular weight is 300 g/mol. The van der Waals surface area contributed by atoms with Crippen molar-refractivity contribution < 1.29 is 14.6 Å². The number of aliphatic hydroxyl groups excluding tert-OH is 1. The van der Waals surface area contributed by atoms with Gasteiger partial charge in [0.15, 0.2) is 0 Å². The Morgan fingerprint density at radius 2 is 1.62 bits per heavy atom. The van der Waals surface area contributed by atoms with Gasteiger partial charge in [-0.2, -0.15) is 0 Å². The number of ketones is 1. The van der Waals surface area contributed by atoms with Crippen LogP contribution in [0.4, 0.5) is 0 Å². The topological polar surface area (TPSA) is 46.5 Å². The average Bonchev–Trinajstić information content (AvgIpc) is 2.43. The van der Waals surface area contributed by atoms with E-state index in [0.717, 1.165) is 19.3 Å². The second kappa shape index (κ2) is 12.2. The summed E-state index contributed by atoms with van der Waals surface area (Å²) in [6, 6.07) is 0. The maximum atomic E-state index is 12.5. The zero-order valence-corrected chi connectivity index (χ0v) is 14.6. The van der Waals surface area contributed by atoms with E-state index in [1.807, 2.05) is 20.8 Å². The van der Waals surface area contributed by atoms with E-state index < -0.39 is 0 Å². The maximum absolute atomic E-state index is 12.5. The number of unbranched alkanes of at least 4 members (excludes halogenated alkanes) is 5. The smallest absolute Gasteiger partial charge is 0.141 e. The fourth-order valence-electron chi connectivity index (χ4n) is 2.58. The second-order valence-corrected chi connectivity index (χ2v) is 6.99. The molecule has 0 bridgehead atoms. The van der Waals surface area contributed by atoms with Crippen LogP contribution < -0.4 is 0 Å². The van der Waals surface area contributed by atoms with Crippen LogP contribution in [0.25, 0.3) is 0 Å². The van der Waals surface area contributed by atoms with Crippen LogP contribution in [-0.2, 0) is 9.53 Å². The molecule has 1 unspecified atom stereocenters. The lowest BCUT2D eigenvalue weighted by molar-refractivity contribution is -0.131. The molecule has 3 heteroatoms. The number of carbonyl (C=O) groups is 1. The number of hydrogen-bond acceptors (Lipinski definition) is 3. The summed E-state index contributed by atoms with van der Waals surface area (Å²) in [4.78, 5) is 12.5. The second-order valence-electron chi connectivity index (χ2n) is 6.99. The molecule has 0 radical (unpaired) electrons. The molecule has 0 aromatic carbocycles. The molecule has 0 heterocycles. The first-order chi connectivity index (χ1) is 9.93. The van der Waals surface area contributed by atoms with Gasteiger partial charge in [0.05, 0.1) is 13.2 Å². The molecule has 126 valence electrons. The number of ether oxygens (including phenoxy) is 1. The first kappa shape index (κ1) is 20.6. The summed E-state index contributed by atoms with van der Waals surface area (Å²) in [5.41, 5.74) is -0.274. The molecule has 0 aromatic rings. The first-order valence-corrected chi connectivity index (χ1v) is 8.66. The van der Waals surface area contributed by atoms with Crippen molar-refractivity contribution in [1.82, 2.24) is 0 Å². The van der Waals surface area contributed by atoms with Crippen molar-refractivity contribution in [2.24, 2.45) is 11.3 Å². The monoisotopic (exact) mass is 300 g/mol. The third-order valence-electron chi connectivity index (χ3n) is 3.86. The third kappa shape index (κ3) is 10.9.